The molecule has 20 heavy (non-hydrogen) atoms. The molecule has 106 valence electrons. The zero-order valence-electron chi connectivity index (χ0n) is 12.4. The van der Waals surface area contributed by atoms with Crippen LogP contribution in [0.15, 0.2) is 42.7 Å². The first-order valence-electron chi connectivity index (χ1n) is 7.11. The Bertz CT molecular complexity index is 535. The highest BCUT2D eigenvalue weighted by Crippen LogP contribution is 2.21. The average molecular weight is 270 g/mol. The van der Waals surface area contributed by atoms with Gasteiger partial charge in [0.25, 0.3) is 0 Å². The van der Waals surface area contributed by atoms with Crippen molar-refractivity contribution in [3.05, 3.63) is 53.9 Å². The van der Waals surface area contributed by atoms with E-state index >= 15 is 0 Å². The molecule has 0 aliphatic carbocycles. The Hall–Kier alpha value is -1.87. The summed E-state index contributed by atoms with van der Waals surface area (Å²) in [5.74, 6) is 1.62. The van der Waals surface area contributed by atoms with Gasteiger partial charge < -0.3 is 10.1 Å². The lowest BCUT2D eigenvalue weighted by molar-refractivity contribution is 0.478. The molecule has 0 spiro atoms. The third-order valence-electron chi connectivity index (χ3n) is 3.05. The lowest BCUT2D eigenvalue weighted by Gasteiger charge is -2.10. The predicted octanol–water partition coefficient (Wildman–Crippen LogP) is 3.93. The molecule has 0 saturated carbocycles. The zero-order chi connectivity index (χ0) is 14.4. The normalized spacial score (nSPS) is 10.8. The maximum Gasteiger partial charge on any atom is 0.146 e. The van der Waals surface area contributed by atoms with E-state index in [9.17, 15) is 0 Å². The second-order valence-corrected chi connectivity index (χ2v) is 5.16. The molecule has 1 N–H and O–H groups in total. The summed E-state index contributed by atoms with van der Waals surface area (Å²) in [6.45, 7) is 7.20. The van der Waals surface area contributed by atoms with E-state index in [1.54, 1.807) is 6.20 Å². The average Bonchev–Trinajstić information content (AvgIpc) is 2.46. The van der Waals surface area contributed by atoms with Crippen molar-refractivity contribution < 1.29 is 4.74 Å². The van der Waals surface area contributed by atoms with Crippen LogP contribution in [0.25, 0.3) is 0 Å². The van der Waals surface area contributed by atoms with Crippen molar-refractivity contribution in [3.8, 4) is 11.5 Å². The van der Waals surface area contributed by atoms with E-state index in [2.05, 4.69) is 43.2 Å². The maximum atomic E-state index is 5.84. The van der Waals surface area contributed by atoms with Crippen LogP contribution in [0.4, 0.5) is 0 Å². The van der Waals surface area contributed by atoms with Gasteiger partial charge in [0.05, 0.1) is 6.20 Å². The molecule has 0 fully saturated rings. The van der Waals surface area contributed by atoms with Crippen LogP contribution in [0.1, 0.15) is 31.9 Å². The van der Waals surface area contributed by atoms with E-state index in [1.165, 1.54) is 5.56 Å². The number of hydrogen-bond donors (Lipinski definition) is 1. The van der Waals surface area contributed by atoms with Crippen LogP contribution >= 0.6 is 0 Å². The molecule has 0 saturated heterocycles. The minimum absolute atomic E-state index is 0.459. The molecule has 1 aromatic carbocycles. The topological polar surface area (TPSA) is 34.1 Å². The number of ether oxygens (including phenoxy) is 1. The van der Waals surface area contributed by atoms with E-state index in [1.807, 2.05) is 24.4 Å². The Labute approximate surface area is 121 Å². The second kappa shape index (κ2) is 7.06. The standard InChI is InChI=1S/C17H22N2O/c1-4-14-5-7-16(8-6-14)20-17-9-15(10-18-12-17)11-19-13(2)3/h5-10,12-13,19H,4,11H2,1-3H3. The molecule has 1 aromatic heterocycles. The van der Waals surface area contributed by atoms with E-state index in [0.29, 0.717) is 6.04 Å². The third-order valence-corrected chi connectivity index (χ3v) is 3.05. The number of rotatable bonds is 6. The van der Waals surface area contributed by atoms with Crippen molar-refractivity contribution in [2.24, 2.45) is 0 Å². The molecule has 1 heterocycles. The second-order valence-electron chi connectivity index (χ2n) is 5.16. The first-order chi connectivity index (χ1) is 9.67. The van der Waals surface area contributed by atoms with E-state index < -0.39 is 0 Å². The van der Waals surface area contributed by atoms with Crippen LogP contribution < -0.4 is 10.1 Å². The third kappa shape index (κ3) is 4.35. The predicted molar refractivity (Wildman–Crippen MR) is 82.1 cm³/mol. The fourth-order valence-electron chi connectivity index (χ4n) is 1.87. The molecule has 0 bridgehead atoms. The molecule has 0 aliphatic rings. The van der Waals surface area contributed by atoms with Gasteiger partial charge in [0.2, 0.25) is 0 Å². The van der Waals surface area contributed by atoms with Gasteiger partial charge in [-0.25, -0.2) is 0 Å². The fraction of sp³-hybridized carbons (Fsp3) is 0.353. The van der Waals surface area contributed by atoms with Gasteiger partial charge in [0.1, 0.15) is 11.5 Å². The Morgan fingerprint density at radius 2 is 1.80 bits per heavy atom. The summed E-state index contributed by atoms with van der Waals surface area (Å²) in [5, 5.41) is 3.37. The summed E-state index contributed by atoms with van der Waals surface area (Å²) in [7, 11) is 0. The van der Waals surface area contributed by atoms with Gasteiger partial charge in [0.15, 0.2) is 0 Å². The zero-order valence-corrected chi connectivity index (χ0v) is 12.4. The van der Waals surface area contributed by atoms with Crippen LogP contribution in [-0.4, -0.2) is 11.0 Å². The molecule has 0 aliphatic heterocycles. The van der Waals surface area contributed by atoms with Gasteiger partial charge in [-0.15, -0.1) is 0 Å². The summed E-state index contributed by atoms with van der Waals surface area (Å²) in [4.78, 5) is 4.23. The molecule has 3 heteroatoms. The highest BCUT2D eigenvalue weighted by atomic mass is 16.5. The summed E-state index contributed by atoms with van der Waals surface area (Å²) >= 11 is 0. The molecular weight excluding hydrogens is 248 g/mol. The fourth-order valence-corrected chi connectivity index (χ4v) is 1.87. The van der Waals surface area contributed by atoms with Gasteiger partial charge in [-0.3, -0.25) is 4.98 Å². The van der Waals surface area contributed by atoms with E-state index in [4.69, 9.17) is 4.74 Å². The van der Waals surface area contributed by atoms with Crippen LogP contribution in [0.5, 0.6) is 11.5 Å². The minimum Gasteiger partial charge on any atom is -0.456 e. The Balaban J connectivity index is 2.02. The lowest BCUT2D eigenvalue weighted by atomic mass is 10.2. The molecule has 0 atom stereocenters. The number of benzene rings is 1. The largest absolute Gasteiger partial charge is 0.456 e. The van der Waals surface area contributed by atoms with Crippen molar-refractivity contribution in [3.63, 3.8) is 0 Å². The maximum absolute atomic E-state index is 5.84. The van der Waals surface area contributed by atoms with Crippen molar-refractivity contribution in [1.29, 1.82) is 0 Å². The Morgan fingerprint density at radius 1 is 1.05 bits per heavy atom. The quantitative estimate of drug-likeness (QED) is 0.863. The van der Waals surface area contributed by atoms with Gasteiger partial charge >= 0.3 is 0 Å². The molecule has 2 aromatic rings. The lowest BCUT2D eigenvalue weighted by Crippen LogP contribution is -2.21. The molecule has 0 radical (unpaired) electrons. The number of pyridine rings is 1. The van der Waals surface area contributed by atoms with E-state index in [0.717, 1.165) is 30.0 Å². The molecule has 0 amide bonds. The smallest absolute Gasteiger partial charge is 0.146 e. The molecular formula is C17H22N2O. The van der Waals surface area contributed by atoms with Crippen molar-refractivity contribution in [1.82, 2.24) is 10.3 Å². The summed E-state index contributed by atoms with van der Waals surface area (Å²) in [6, 6.07) is 10.7. The SMILES string of the molecule is CCc1ccc(Oc2cncc(CNC(C)C)c2)cc1. The first kappa shape index (κ1) is 14.5. The molecule has 0 unspecified atom stereocenters. The van der Waals surface area contributed by atoms with Crippen LogP contribution in [0.3, 0.4) is 0 Å². The summed E-state index contributed by atoms with van der Waals surface area (Å²) < 4.78 is 5.84. The van der Waals surface area contributed by atoms with Crippen LogP contribution in [0.2, 0.25) is 0 Å². The molecule has 2 rings (SSSR count). The Kier molecular flexibility index (Phi) is 5.13. The minimum atomic E-state index is 0.459. The highest BCUT2D eigenvalue weighted by Gasteiger charge is 2.01. The number of aryl methyl sites for hydroxylation is 1. The number of nitrogens with zero attached hydrogens (tertiary/aromatic N) is 1. The van der Waals surface area contributed by atoms with Gasteiger partial charge in [-0.05, 0) is 35.7 Å². The van der Waals surface area contributed by atoms with Gasteiger partial charge in [0, 0.05) is 18.8 Å². The van der Waals surface area contributed by atoms with Gasteiger partial charge in [-0.1, -0.05) is 32.9 Å². The highest BCUT2D eigenvalue weighted by molar-refractivity contribution is 5.33. The number of nitrogens with one attached hydrogen (secondary N) is 1. The Morgan fingerprint density at radius 3 is 2.45 bits per heavy atom. The van der Waals surface area contributed by atoms with Crippen LogP contribution in [0, 0.1) is 0 Å². The van der Waals surface area contributed by atoms with Gasteiger partial charge in [-0.2, -0.15) is 0 Å². The number of hydrogen-bond acceptors (Lipinski definition) is 3. The monoisotopic (exact) mass is 270 g/mol. The van der Waals surface area contributed by atoms with Crippen molar-refractivity contribution >= 4 is 0 Å². The summed E-state index contributed by atoms with van der Waals surface area (Å²) in [5.41, 5.74) is 2.44. The molecule has 3 nitrogen and oxygen atoms in total. The first-order valence-corrected chi connectivity index (χ1v) is 7.11. The van der Waals surface area contributed by atoms with E-state index in [-0.39, 0.29) is 0 Å². The van der Waals surface area contributed by atoms with Crippen molar-refractivity contribution in [2.75, 3.05) is 0 Å². The number of aromatic nitrogens is 1. The van der Waals surface area contributed by atoms with Crippen LogP contribution in [-0.2, 0) is 13.0 Å². The van der Waals surface area contributed by atoms with Crippen molar-refractivity contribution in [2.45, 2.75) is 39.8 Å². The summed E-state index contributed by atoms with van der Waals surface area (Å²) in [6.07, 6.45) is 4.65.